The van der Waals surface area contributed by atoms with E-state index in [2.05, 4.69) is 100 Å². The van der Waals surface area contributed by atoms with E-state index in [1.807, 2.05) is 0 Å². The fourth-order valence-corrected chi connectivity index (χ4v) is 8.20. The molecule has 1 amide bonds. The molecule has 2 N–H and O–H groups in total. The molecule has 0 aromatic rings. The van der Waals surface area contributed by atoms with Gasteiger partial charge in [0.25, 0.3) is 5.91 Å². The molecule has 0 heterocycles. The van der Waals surface area contributed by atoms with Crippen LogP contribution in [-0.2, 0) is 23.7 Å². The first-order valence-corrected chi connectivity index (χ1v) is 27.2. The van der Waals surface area contributed by atoms with E-state index in [0.717, 1.165) is 49.3 Å². The number of carbonyl (C=O) groups is 1. The number of hydrogen-bond donors (Lipinski definition) is 2. The minimum Gasteiger partial charge on any atom is -0.386 e. The number of rotatable bonds is 47. The maximum absolute atomic E-state index is 13.5. The van der Waals surface area contributed by atoms with Crippen LogP contribution in [0.1, 0.15) is 250 Å². The SMILES string of the molecule is C=C(NCCOC(C)(C)CCOC(C)(C)CCNC(=O)C(COCCCCCCCCCCCCCCCC)OCCC(C)CCCC(C)CCCC(C)CCCC(C)C)C(C)C. The fourth-order valence-electron chi connectivity index (χ4n) is 8.20. The second-order valence-electron chi connectivity index (χ2n) is 21.9. The summed E-state index contributed by atoms with van der Waals surface area (Å²) in [6.07, 6.45) is 32.6. The fraction of sp³-hybridized carbons (Fsp3) is 0.946. The van der Waals surface area contributed by atoms with Crippen molar-refractivity contribution in [3.8, 4) is 0 Å². The van der Waals surface area contributed by atoms with E-state index < -0.39 is 6.10 Å². The molecule has 63 heavy (non-hydrogen) atoms. The van der Waals surface area contributed by atoms with Crippen LogP contribution in [0.5, 0.6) is 0 Å². The molecule has 0 aromatic carbocycles. The molecule has 0 fully saturated rings. The lowest BCUT2D eigenvalue weighted by Crippen LogP contribution is -2.42. The molecule has 0 bridgehead atoms. The maximum Gasteiger partial charge on any atom is 0.251 e. The van der Waals surface area contributed by atoms with E-state index in [9.17, 15) is 4.79 Å². The van der Waals surface area contributed by atoms with Gasteiger partial charge < -0.3 is 29.6 Å². The highest BCUT2D eigenvalue weighted by Crippen LogP contribution is 2.24. The zero-order valence-corrected chi connectivity index (χ0v) is 44.5. The van der Waals surface area contributed by atoms with Crippen LogP contribution in [0.3, 0.4) is 0 Å². The third-order valence-electron chi connectivity index (χ3n) is 13.3. The first-order chi connectivity index (χ1) is 30.0. The van der Waals surface area contributed by atoms with Gasteiger partial charge in [-0.1, -0.05) is 203 Å². The van der Waals surface area contributed by atoms with Gasteiger partial charge in [0.05, 0.1) is 31.0 Å². The van der Waals surface area contributed by atoms with E-state index in [0.29, 0.717) is 57.8 Å². The molecular weight excluding hydrogens is 781 g/mol. The Balaban J connectivity index is 4.70. The average molecular weight is 894 g/mol. The predicted molar refractivity (Wildman–Crippen MR) is 274 cm³/mol. The Kier molecular flexibility index (Phi) is 39.2. The van der Waals surface area contributed by atoms with E-state index in [1.54, 1.807) is 0 Å². The lowest BCUT2D eigenvalue weighted by Gasteiger charge is -2.30. The molecule has 0 aromatic heterocycles. The van der Waals surface area contributed by atoms with Crippen molar-refractivity contribution in [3.63, 3.8) is 0 Å². The molecule has 376 valence electrons. The molecule has 0 spiro atoms. The van der Waals surface area contributed by atoms with Crippen molar-refractivity contribution in [3.05, 3.63) is 12.3 Å². The van der Waals surface area contributed by atoms with Crippen LogP contribution in [0.15, 0.2) is 12.3 Å². The molecule has 0 aliphatic heterocycles. The van der Waals surface area contributed by atoms with Crippen molar-refractivity contribution in [2.75, 3.05) is 46.1 Å². The first-order valence-electron chi connectivity index (χ1n) is 27.2. The van der Waals surface area contributed by atoms with E-state index in [4.69, 9.17) is 18.9 Å². The lowest BCUT2D eigenvalue weighted by molar-refractivity contribution is -0.137. The Hall–Kier alpha value is -1.15. The van der Waals surface area contributed by atoms with Gasteiger partial charge in [0.15, 0.2) is 6.10 Å². The van der Waals surface area contributed by atoms with Crippen LogP contribution >= 0.6 is 0 Å². The van der Waals surface area contributed by atoms with Crippen molar-refractivity contribution in [1.82, 2.24) is 10.6 Å². The number of hydrogen-bond acceptors (Lipinski definition) is 6. The monoisotopic (exact) mass is 893 g/mol. The van der Waals surface area contributed by atoms with Gasteiger partial charge in [-0.2, -0.15) is 0 Å². The Bertz CT molecular complexity index is 1040. The van der Waals surface area contributed by atoms with E-state index in [1.165, 1.54) is 141 Å². The van der Waals surface area contributed by atoms with Crippen molar-refractivity contribution >= 4 is 5.91 Å². The highest BCUT2D eigenvalue weighted by atomic mass is 16.5. The summed E-state index contributed by atoms with van der Waals surface area (Å²) in [4.78, 5) is 13.5. The zero-order chi connectivity index (χ0) is 47.2. The zero-order valence-electron chi connectivity index (χ0n) is 44.5. The first kappa shape index (κ1) is 61.9. The molecule has 0 radical (unpaired) electrons. The summed E-state index contributed by atoms with van der Waals surface area (Å²) in [7, 11) is 0. The van der Waals surface area contributed by atoms with Gasteiger partial charge in [-0.05, 0) is 83.0 Å². The van der Waals surface area contributed by atoms with Crippen LogP contribution in [-0.4, -0.2) is 69.3 Å². The summed E-state index contributed by atoms with van der Waals surface area (Å²) in [6.45, 7) is 35.0. The van der Waals surface area contributed by atoms with E-state index in [-0.39, 0.29) is 17.1 Å². The summed E-state index contributed by atoms with van der Waals surface area (Å²) in [5.41, 5.74) is 0.376. The third kappa shape index (κ3) is 40.8. The summed E-state index contributed by atoms with van der Waals surface area (Å²) in [5, 5.41) is 6.51. The predicted octanol–water partition coefficient (Wildman–Crippen LogP) is 15.6. The third-order valence-corrected chi connectivity index (χ3v) is 13.3. The van der Waals surface area contributed by atoms with Gasteiger partial charge in [-0.3, -0.25) is 4.79 Å². The quantitative estimate of drug-likeness (QED) is 0.0593. The van der Waals surface area contributed by atoms with Crippen LogP contribution in [0.2, 0.25) is 0 Å². The van der Waals surface area contributed by atoms with Gasteiger partial charge in [0.1, 0.15) is 0 Å². The number of amides is 1. The van der Waals surface area contributed by atoms with Crippen molar-refractivity contribution in [1.29, 1.82) is 0 Å². The summed E-state index contributed by atoms with van der Waals surface area (Å²) < 4.78 is 24.9. The second-order valence-corrected chi connectivity index (χ2v) is 21.9. The summed E-state index contributed by atoms with van der Waals surface area (Å²) in [6, 6.07) is 0. The molecule has 0 rings (SSSR count). The Morgan fingerprint density at radius 3 is 1.48 bits per heavy atom. The van der Waals surface area contributed by atoms with Crippen LogP contribution in [0.25, 0.3) is 0 Å². The lowest BCUT2D eigenvalue weighted by atomic mass is 9.91. The number of unbranched alkanes of at least 4 members (excludes halogenated alkanes) is 13. The summed E-state index contributed by atoms with van der Waals surface area (Å²) >= 11 is 0. The molecule has 0 aliphatic rings. The minimum atomic E-state index is -0.592. The highest BCUT2D eigenvalue weighted by molar-refractivity contribution is 5.80. The molecule has 0 saturated heterocycles. The molecule has 0 aliphatic carbocycles. The van der Waals surface area contributed by atoms with Crippen LogP contribution in [0.4, 0.5) is 0 Å². The van der Waals surface area contributed by atoms with Gasteiger partial charge in [0.2, 0.25) is 0 Å². The number of nitrogens with one attached hydrogen (secondary N) is 2. The number of allylic oxidation sites excluding steroid dienone is 1. The van der Waals surface area contributed by atoms with Crippen LogP contribution in [0, 0.1) is 29.6 Å². The smallest absolute Gasteiger partial charge is 0.251 e. The van der Waals surface area contributed by atoms with Gasteiger partial charge in [-0.15, -0.1) is 0 Å². The van der Waals surface area contributed by atoms with Gasteiger partial charge in [-0.25, -0.2) is 0 Å². The average Bonchev–Trinajstić information content (AvgIpc) is 3.21. The standard InChI is InChI=1S/C56H112N2O5/c1-14-15-16-17-18-19-20-21-22-23-24-25-26-27-42-60-46-53(61-43-37-51(8)36-30-35-50(7)34-29-33-49(6)32-28-31-47(2)3)54(59)58-40-38-55(10,11)62-44-39-56(12,13)63-45-41-57-52(9)48(4)5/h47-51,53,57H,9,14-46H2,1-8,10-13H3,(H,58,59). The normalized spacial score (nSPS) is 14.3. The van der Waals surface area contributed by atoms with Gasteiger partial charge in [0, 0.05) is 32.0 Å². The Morgan fingerprint density at radius 2 is 0.968 bits per heavy atom. The molecule has 4 atom stereocenters. The molecule has 0 saturated carbocycles. The van der Waals surface area contributed by atoms with Crippen molar-refractivity contribution < 1.29 is 23.7 Å². The Morgan fingerprint density at radius 1 is 0.508 bits per heavy atom. The largest absolute Gasteiger partial charge is 0.386 e. The molecule has 7 heteroatoms. The summed E-state index contributed by atoms with van der Waals surface area (Å²) in [5.74, 6) is 3.40. The van der Waals surface area contributed by atoms with Crippen molar-refractivity contribution in [2.24, 2.45) is 29.6 Å². The van der Waals surface area contributed by atoms with E-state index >= 15 is 0 Å². The minimum absolute atomic E-state index is 0.0780. The maximum atomic E-state index is 13.5. The Labute approximate surface area is 394 Å². The van der Waals surface area contributed by atoms with Crippen LogP contribution < -0.4 is 10.6 Å². The van der Waals surface area contributed by atoms with Crippen molar-refractivity contribution in [2.45, 2.75) is 267 Å². The molecule has 7 nitrogen and oxygen atoms in total. The topological polar surface area (TPSA) is 78.0 Å². The molecule has 4 unspecified atom stereocenters. The highest BCUT2D eigenvalue weighted by Gasteiger charge is 2.25. The number of ether oxygens (including phenoxy) is 4. The second kappa shape index (κ2) is 40.0. The van der Waals surface area contributed by atoms with Gasteiger partial charge >= 0.3 is 0 Å². The molecular formula is C56H112N2O5. The number of carbonyl (C=O) groups excluding carboxylic acids is 1.